The van der Waals surface area contributed by atoms with Gasteiger partial charge in [-0.3, -0.25) is 14.5 Å². The molecule has 0 spiro atoms. The highest BCUT2D eigenvalue weighted by molar-refractivity contribution is 6.04. The number of rotatable bonds is 7. The van der Waals surface area contributed by atoms with E-state index in [2.05, 4.69) is 10.2 Å². The summed E-state index contributed by atoms with van der Waals surface area (Å²) in [6, 6.07) is 7.08. The fourth-order valence-electron chi connectivity index (χ4n) is 3.83. The lowest BCUT2D eigenvalue weighted by Crippen LogP contribution is -2.48. The van der Waals surface area contributed by atoms with Crippen LogP contribution < -0.4 is 5.32 Å². The molecule has 1 aliphatic heterocycles. The number of para-hydroxylation sites is 1. The van der Waals surface area contributed by atoms with Crippen LogP contribution in [-0.2, 0) is 9.53 Å². The number of hydrogen-bond donors (Lipinski definition) is 1. The van der Waals surface area contributed by atoms with E-state index in [9.17, 15) is 14.4 Å². The summed E-state index contributed by atoms with van der Waals surface area (Å²) < 4.78 is 5.57. The van der Waals surface area contributed by atoms with E-state index in [1.54, 1.807) is 29.2 Å². The Bertz CT molecular complexity index is 785. The predicted molar refractivity (Wildman–Crippen MR) is 122 cm³/mol. The Morgan fingerprint density at radius 3 is 2.52 bits per heavy atom. The van der Waals surface area contributed by atoms with Crippen molar-refractivity contribution >= 4 is 23.5 Å². The molecule has 1 aromatic rings. The maximum atomic E-state index is 12.6. The first-order valence-electron chi connectivity index (χ1n) is 11.1. The molecule has 0 bridgehead atoms. The molecule has 0 aliphatic carbocycles. The van der Waals surface area contributed by atoms with Crippen LogP contribution in [0.3, 0.4) is 0 Å². The Balaban J connectivity index is 1.95. The number of likely N-dealkylation sites (tertiary alicyclic amines) is 1. The van der Waals surface area contributed by atoms with Crippen LogP contribution in [0.1, 0.15) is 64.7 Å². The number of anilines is 1. The summed E-state index contributed by atoms with van der Waals surface area (Å²) >= 11 is 0. The molecule has 7 heteroatoms. The van der Waals surface area contributed by atoms with E-state index < -0.39 is 5.60 Å². The fourth-order valence-corrected chi connectivity index (χ4v) is 3.83. The van der Waals surface area contributed by atoms with E-state index in [-0.39, 0.29) is 36.3 Å². The molecule has 2 amide bonds. The summed E-state index contributed by atoms with van der Waals surface area (Å²) in [4.78, 5) is 40.9. The van der Waals surface area contributed by atoms with Crippen LogP contribution in [0, 0.1) is 5.92 Å². The molecular weight excluding hydrogens is 394 g/mol. The van der Waals surface area contributed by atoms with Crippen molar-refractivity contribution in [2.24, 2.45) is 5.92 Å². The van der Waals surface area contributed by atoms with E-state index in [1.165, 1.54) is 6.92 Å². The minimum Gasteiger partial charge on any atom is -0.444 e. The Morgan fingerprint density at radius 2 is 1.90 bits per heavy atom. The van der Waals surface area contributed by atoms with Crippen molar-refractivity contribution in [2.45, 2.75) is 66.0 Å². The molecular formula is C24H37N3O4. The van der Waals surface area contributed by atoms with Crippen molar-refractivity contribution in [1.82, 2.24) is 9.80 Å². The number of amides is 2. The smallest absolute Gasteiger partial charge is 0.410 e. The van der Waals surface area contributed by atoms with E-state index >= 15 is 0 Å². The number of ether oxygens (including phenoxy) is 1. The Hall–Kier alpha value is -2.41. The minimum atomic E-state index is -0.531. The lowest BCUT2D eigenvalue weighted by Gasteiger charge is -2.37. The molecule has 1 atom stereocenters. The summed E-state index contributed by atoms with van der Waals surface area (Å²) in [5, 5.41) is 2.87. The highest BCUT2D eigenvalue weighted by Crippen LogP contribution is 2.21. The van der Waals surface area contributed by atoms with Gasteiger partial charge >= 0.3 is 6.09 Å². The lowest BCUT2D eigenvalue weighted by molar-refractivity contribution is -0.117. The number of piperidine rings is 1. The number of hydrogen-bond acceptors (Lipinski definition) is 5. The normalized spacial score (nSPS) is 17.3. The first-order valence-corrected chi connectivity index (χ1v) is 11.1. The molecule has 0 saturated carbocycles. The number of ketones is 1. The van der Waals surface area contributed by atoms with Gasteiger partial charge in [-0.1, -0.05) is 12.1 Å². The van der Waals surface area contributed by atoms with Gasteiger partial charge in [0.2, 0.25) is 5.91 Å². The molecule has 0 aromatic heterocycles. The molecule has 1 saturated heterocycles. The van der Waals surface area contributed by atoms with Gasteiger partial charge < -0.3 is 15.0 Å². The third-order valence-corrected chi connectivity index (χ3v) is 5.26. The molecule has 172 valence electrons. The highest BCUT2D eigenvalue weighted by Gasteiger charge is 2.29. The van der Waals surface area contributed by atoms with Gasteiger partial charge in [-0.05, 0) is 79.0 Å². The Morgan fingerprint density at radius 1 is 1.23 bits per heavy atom. The quantitative estimate of drug-likeness (QED) is 0.655. The minimum absolute atomic E-state index is 0.0385. The molecule has 0 radical (unpaired) electrons. The third kappa shape index (κ3) is 7.98. The first-order chi connectivity index (χ1) is 14.5. The van der Waals surface area contributed by atoms with Crippen molar-refractivity contribution in [3.63, 3.8) is 0 Å². The topological polar surface area (TPSA) is 79.0 Å². The van der Waals surface area contributed by atoms with E-state index in [0.29, 0.717) is 17.8 Å². The van der Waals surface area contributed by atoms with Crippen molar-refractivity contribution < 1.29 is 19.1 Å². The maximum Gasteiger partial charge on any atom is 0.410 e. The average Bonchev–Trinajstić information content (AvgIpc) is 2.65. The van der Waals surface area contributed by atoms with Crippen LogP contribution in [0.25, 0.3) is 0 Å². The van der Waals surface area contributed by atoms with Crippen molar-refractivity contribution in [3.05, 3.63) is 29.8 Å². The van der Waals surface area contributed by atoms with Crippen molar-refractivity contribution in [2.75, 3.05) is 31.5 Å². The molecule has 31 heavy (non-hydrogen) atoms. The molecule has 1 heterocycles. The van der Waals surface area contributed by atoms with Gasteiger partial charge in [0.05, 0.1) is 12.2 Å². The van der Waals surface area contributed by atoms with Crippen LogP contribution in [0.5, 0.6) is 0 Å². The number of nitrogens with one attached hydrogen (secondary N) is 1. The third-order valence-electron chi connectivity index (χ3n) is 5.26. The van der Waals surface area contributed by atoms with Crippen molar-refractivity contribution in [3.8, 4) is 0 Å². The molecule has 7 nitrogen and oxygen atoms in total. The van der Waals surface area contributed by atoms with Gasteiger partial charge in [0.25, 0.3) is 0 Å². The standard InChI is InChI=1S/C24H37N3O4/c1-17(2)27(23(30)31-24(4,5)6)15-19-10-9-13-26(14-19)16-22(29)25-21-12-8-7-11-20(21)18(3)28/h7-8,11-12,17,19H,9-10,13-16H2,1-6H3,(H,25,29). The molecule has 1 aromatic carbocycles. The lowest BCUT2D eigenvalue weighted by atomic mass is 9.97. The average molecular weight is 432 g/mol. The zero-order valence-electron chi connectivity index (χ0n) is 19.7. The van der Waals surface area contributed by atoms with Crippen molar-refractivity contribution in [1.29, 1.82) is 0 Å². The fraction of sp³-hybridized carbons (Fsp3) is 0.625. The summed E-state index contributed by atoms with van der Waals surface area (Å²) in [6.07, 6.45) is 1.69. The first kappa shape index (κ1) is 24.9. The number of benzene rings is 1. The summed E-state index contributed by atoms with van der Waals surface area (Å²) in [6.45, 7) is 13.5. The molecule has 1 N–H and O–H groups in total. The van der Waals surface area contributed by atoms with E-state index in [4.69, 9.17) is 4.74 Å². The zero-order chi connectivity index (χ0) is 23.2. The second-order valence-electron chi connectivity index (χ2n) is 9.62. The predicted octanol–water partition coefficient (Wildman–Crippen LogP) is 4.19. The Labute approximate surface area is 186 Å². The van der Waals surface area contributed by atoms with E-state index in [1.807, 2.05) is 34.6 Å². The molecule has 1 unspecified atom stereocenters. The number of carbonyl (C=O) groups excluding carboxylic acids is 3. The summed E-state index contributed by atoms with van der Waals surface area (Å²) in [5.74, 6) is 0.0630. The van der Waals surface area contributed by atoms with Gasteiger partial charge in [0.1, 0.15) is 5.60 Å². The van der Waals surface area contributed by atoms with Crippen LogP contribution in [0.4, 0.5) is 10.5 Å². The van der Waals surface area contributed by atoms with Crippen LogP contribution in [0.2, 0.25) is 0 Å². The number of nitrogens with zero attached hydrogens (tertiary/aromatic N) is 2. The largest absolute Gasteiger partial charge is 0.444 e. The molecule has 2 rings (SSSR count). The molecule has 1 aliphatic rings. The van der Waals surface area contributed by atoms with Gasteiger partial charge in [0.15, 0.2) is 5.78 Å². The monoisotopic (exact) mass is 431 g/mol. The van der Waals surface area contributed by atoms with Gasteiger partial charge in [-0.25, -0.2) is 4.79 Å². The van der Waals surface area contributed by atoms with Crippen LogP contribution in [0.15, 0.2) is 24.3 Å². The second kappa shape index (κ2) is 10.8. The summed E-state index contributed by atoms with van der Waals surface area (Å²) in [7, 11) is 0. The van der Waals surface area contributed by atoms with Crippen LogP contribution >= 0.6 is 0 Å². The maximum absolute atomic E-state index is 12.6. The Kier molecular flexibility index (Phi) is 8.62. The van der Waals surface area contributed by atoms with Crippen LogP contribution in [-0.4, -0.2) is 65.4 Å². The summed E-state index contributed by atoms with van der Waals surface area (Å²) in [5.41, 5.74) is 0.527. The highest BCUT2D eigenvalue weighted by atomic mass is 16.6. The van der Waals surface area contributed by atoms with Gasteiger partial charge in [-0.15, -0.1) is 0 Å². The van der Waals surface area contributed by atoms with Gasteiger partial charge in [0, 0.05) is 24.7 Å². The van der Waals surface area contributed by atoms with E-state index in [0.717, 1.165) is 25.9 Å². The number of carbonyl (C=O) groups is 3. The second-order valence-corrected chi connectivity index (χ2v) is 9.62. The zero-order valence-corrected chi connectivity index (χ0v) is 19.7. The number of Topliss-reactive ketones (excluding diaryl/α,β-unsaturated/α-hetero) is 1. The molecule has 1 fully saturated rings. The van der Waals surface area contributed by atoms with Gasteiger partial charge in [-0.2, -0.15) is 0 Å². The SMILES string of the molecule is CC(=O)c1ccccc1NC(=O)CN1CCCC(CN(C(=O)OC(C)(C)C)C(C)C)C1.